The number of nitrogens with zero attached hydrogens (tertiary/aromatic N) is 2. The summed E-state index contributed by atoms with van der Waals surface area (Å²) in [5.74, 6) is 0.713. The second kappa shape index (κ2) is 9.38. The van der Waals surface area contributed by atoms with Crippen LogP contribution in [0.3, 0.4) is 0 Å². The van der Waals surface area contributed by atoms with Crippen molar-refractivity contribution in [2.75, 3.05) is 26.2 Å². The number of aliphatic hydroxyl groups excluding tert-OH is 2. The lowest BCUT2D eigenvalue weighted by molar-refractivity contribution is -0.124. The molecule has 1 aliphatic carbocycles. The molecule has 0 bridgehead atoms. The van der Waals surface area contributed by atoms with Gasteiger partial charge in [0.25, 0.3) is 11.8 Å². The van der Waals surface area contributed by atoms with Crippen molar-refractivity contribution >= 4 is 11.8 Å². The molecule has 1 aromatic heterocycles. The van der Waals surface area contributed by atoms with E-state index in [-0.39, 0.29) is 24.8 Å². The molecule has 2 aromatic rings. The Bertz CT molecular complexity index is 1040. The van der Waals surface area contributed by atoms with Crippen LogP contribution in [-0.2, 0) is 11.2 Å². The van der Waals surface area contributed by atoms with Gasteiger partial charge in [-0.15, -0.1) is 0 Å². The fourth-order valence-corrected chi connectivity index (χ4v) is 5.08. The number of fused-ring (bicyclic) bond motifs is 1. The number of ether oxygens (including phenoxy) is 1. The number of aromatic nitrogens is 2. The van der Waals surface area contributed by atoms with E-state index in [9.17, 15) is 19.8 Å². The van der Waals surface area contributed by atoms with E-state index in [4.69, 9.17) is 4.74 Å². The van der Waals surface area contributed by atoms with Crippen LogP contribution in [0.2, 0.25) is 0 Å². The zero-order chi connectivity index (χ0) is 23.7. The van der Waals surface area contributed by atoms with Crippen molar-refractivity contribution in [1.29, 1.82) is 0 Å². The molecule has 0 unspecified atom stereocenters. The van der Waals surface area contributed by atoms with Crippen LogP contribution in [-0.4, -0.2) is 75.6 Å². The smallest absolute Gasteiger partial charge is 0.274 e. The average molecular weight is 469 g/mol. The minimum atomic E-state index is -0.959. The number of hydrogen-bond donors (Lipinski definition) is 4. The summed E-state index contributed by atoms with van der Waals surface area (Å²) in [6.07, 6.45) is 2.16. The van der Waals surface area contributed by atoms with Gasteiger partial charge in [0, 0.05) is 37.7 Å². The lowest BCUT2D eigenvalue weighted by Crippen LogP contribution is -2.51. The van der Waals surface area contributed by atoms with Gasteiger partial charge in [0.1, 0.15) is 11.4 Å². The number of aliphatic hydroxyl groups is 2. The van der Waals surface area contributed by atoms with E-state index < -0.39 is 17.6 Å². The molecule has 1 spiro atoms. The predicted octanol–water partition coefficient (Wildman–Crippen LogP) is 1.37. The van der Waals surface area contributed by atoms with E-state index in [1.165, 1.54) is 0 Å². The monoisotopic (exact) mass is 468 g/mol. The summed E-state index contributed by atoms with van der Waals surface area (Å²) in [4.78, 5) is 27.3. The van der Waals surface area contributed by atoms with E-state index >= 15 is 0 Å². The molecule has 1 aromatic carbocycles. The maximum absolute atomic E-state index is 13.0. The van der Waals surface area contributed by atoms with Gasteiger partial charge < -0.3 is 25.2 Å². The zero-order valence-corrected chi connectivity index (χ0v) is 19.2. The van der Waals surface area contributed by atoms with E-state index in [0.717, 1.165) is 24.1 Å². The van der Waals surface area contributed by atoms with Gasteiger partial charge in [0.15, 0.2) is 6.61 Å². The largest absolute Gasteiger partial charge is 0.483 e. The first-order valence-electron chi connectivity index (χ1n) is 12.1. The fraction of sp³-hybridized carbons (Fsp3) is 0.560. The molecule has 2 fully saturated rings. The van der Waals surface area contributed by atoms with Crippen LogP contribution in [0, 0.1) is 5.41 Å². The summed E-state index contributed by atoms with van der Waals surface area (Å²) in [7, 11) is 0. The van der Waals surface area contributed by atoms with Gasteiger partial charge in [-0.3, -0.25) is 14.7 Å². The maximum Gasteiger partial charge on any atom is 0.274 e. The molecule has 1 saturated heterocycles. The van der Waals surface area contributed by atoms with Gasteiger partial charge >= 0.3 is 0 Å². The van der Waals surface area contributed by atoms with Crippen LogP contribution in [0.1, 0.15) is 59.8 Å². The Kier molecular flexibility index (Phi) is 6.31. The quantitative estimate of drug-likeness (QED) is 0.527. The van der Waals surface area contributed by atoms with Crippen molar-refractivity contribution in [1.82, 2.24) is 20.4 Å². The number of para-hydroxylation sites is 1. The number of aromatic amines is 1. The molecule has 34 heavy (non-hydrogen) atoms. The van der Waals surface area contributed by atoms with E-state index in [1.807, 2.05) is 24.3 Å². The third-order valence-electron chi connectivity index (χ3n) is 7.45. The first-order valence-corrected chi connectivity index (χ1v) is 12.1. The zero-order valence-electron chi connectivity index (χ0n) is 19.2. The SMILES string of the molecule is O=C1COc2ccccc2C[C@H](O)[C@H](O)CC2(CCN(C(=O)c3cc(C4CC4)[nH]n3)CC2)CN1. The van der Waals surface area contributed by atoms with Crippen molar-refractivity contribution in [3.8, 4) is 5.75 Å². The number of carbonyl (C=O) groups excluding carboxylic acids is 2. The lowest BCUT2D eigenvalue weighted by Gasteiger charge is -2.43. The molecule has 0 radical (unpaired) electrons. The molecule has 5 rings (SSSR count). The number of nitrogens with one attached hydrogen (secondary N) is 2. The number of hydrogen-bond acceptors (Lipinski definition) is 6. The molecule has 3 heterocycles. The van der Waals surface area contributed by atoms with Gasteiger partial charge in [-0.1, -0.05) is 18.2 Å². The van der Waals surface area contributed by atoms with Crippen molar-refractivity contribution in [2.24, 2.45) is 5.41 Å². The van der Waals surface area contributed by atoms with Gasteiger partial charge in [-0.25, -0.2) is 0 Å². The second-order valence-corrected chi connectivity index (χ2v) is 9.99. The third-order valence-corrected chi connectivity index (χ3v) is 7.45. The van der Waals surface area contributed by atoms with Crippen LogP contribution in [0.25, 0.3) is 0 Å². The Hall–Kier alpha value is -2.91. The van der Waals surface area contributed by atoms with Gasteiger partial charge in [0.05, 0.1) is 12.2 Å². The van der Waals surface area contributed by atoms with Crippen molar-refractivity contribution in [3.05, 3.63) is 47.3 Å². The standard InChI is InChI=1S/C25H32N4O5/c30-20-11-17-3-1-2-4-22(17)34-14-23(32)26-15-25(13-21(20)31)7-9-29(10-8-25)24(33)19-12-18(27-28-19)16-5-6-16/h1-4,12,16,20-21,30-31H,5-11,13-15H2,(H,26,32)(H,27,28)/t20-,21+/m0/s1. The highest BCUT2D eigenvalue weighted by Crippen LogP contribution is 2.40. The number of H-pyrrole nitrogens is 1. The van der Waals surface area contributed by atoms with Crippen molar-refractivity contribution < 1.29 is 24.5 Å². The molecule has 1 saturated carbocycles. The fourth-order valence-electron chi connectivity index (χ4n) is 5.08. The predicted molar refractivity (Wildman–Crippen MR) is 123 cm³/mol. The second-order valence-electron chi connectivity index (χ2n) is 9.99. The van der Waals surface area contributed by atoms with Crippen molar-refractivity contribution in [3.63, 3.8) is 0 Å². The molecule has 9 heteroatoms. The Morgan fingerprint density at radius 1 is 1.15 bits per heavy atom. The summed E-state index contributed by atoms with van der Waals surface area (Å²) < 4.78 is 5.69. The minimum Gasteiger partial charge on any atom is -0.483 e. The number of carbonyl (C=O) groups is 2. The molecule has 182 valence electrons. The van der Waals surface area contributed by atoms with Crippen LogP contribution in [0.5, 0.6) is 5.75 Å². The average Bonchev–Trinajstić information content (AvgIpc) is 3.58. The lowest BCUT2D eigenvalue weighted by atomic mass is 9.73. The summed E-state index contributed by atoms with van der Waals surface area (Å²) in [5, 5.41) is 31.8. The minimum absolute atomic E-state index is 0.0965. The normalized spacial score (nSPS) is 25.5. The highest BCUT2D eigenvalue weighted by Gasteiger charge is 2.40. The van der Waals surface area contributed by atoms with E-state index in [0.29, 0.717) is 56.3 Å². The molecular formula is C25H32N4O5. The van der Waals surface area contributed by atoms with Crippen LogP contribution in [0.15, 0.2) is 30.3 Å². The summed E-state index contributed by atoms with van der Waals surface area (Å²) in [6, 6.07) is 9.10. The number of likely N-dealkylation sites (tertiary alicyclic amines) is 1. The highest BCUT2D eigenvalue weighted by atomic mass is 16.5. The molecule has 9 nitrogen and oxygen atoms in total. The molecular weight excluding hydrogens is 436 g/mol. The highest BCUT2D eigenvalue weighted by molar-refractivity contribution is 5.92. The first kappa shape index (κ1) is 22.9. The Labute approximate surface area is 198 Å². The summed E-state index contributed by atoms with van der Waals surface area (Å²) in [5.41, 5.74) is 1.80. The molecule has 3 aliphatic rings. The van der Waals surface area contributed by atoms with E-state index in [2.05, 4.69) is 15.5 Å². The molecule has 2 amide bonds. The maximum atomic E-state index is 13.0. The number of benzene rings is 1. The Morgan fingerprint density at radius 3 is 2.68 bits per heavy atom. The third kappa shape index (κ3) is 4.95. The molecule has 2 aliphatic heterocycles. The summed E-state index contributed by atoms with van der Waals surface area (Å²) in [6.45, 7) is 1.25. The molecule has 2 atom stereocenters. The summed E-state index contributed by atoms with van der Waals surface area (Å²) >= 11 is 0. The van der Waals surface area contributed by atoms with Crippen LogP contribution >= 0.6 is 0 Å². The van der Waals surface area contributed by atoms with Crippen molar-refractivity contribution in [2.45, 2.75) is 56.7 Å². The Morgan fingerprint density at radius 2 is 1.91 bits per heavy atom. The number of amides is 2. The number of piperidine rings is 1. The number of rotatable bonds is 2. The van der Waals surface area contributed by atoms with Gasteiger partial charge in [0.2, 0.25) is 0 Å². The van der Waals surface area contributed by atoms with Gasteiger partial charge in [-0.2, -0.15) is 5.10 Å². The Balaban J connectivity index is 1.27. The van der Waals surface area contributed by atoms with Crippen LogP contribution < -0.4 is 10.1 Å². The molecule has 4 N–H and O–H groups in total. The van der Waals surface area contributed by atoms with Crippen LogP contribution in [0.4, 0.5) is 0 Å². The van der Waals surface area contributed by atoms with Gasteiger partial charge in [-0.05, 0) is 55.2 Å². The van der Waals surface area contributed by atoms with E-state index in [1.54, 1.807) is 11.0 Å². The topological polar surface area (TPSA) is 128 Å². The first-order chi connectivity index (χ1) is 16.4.